The van der Waals surface area contributed by atoms with Crippen molar-refractivity contribution in [2.45, 2.75) is 45.3 Å². The SMILES string of the molecule is COc1cccc(Cn2c(C(=O)NC3CCN(C(C)C)CC3)cc3cc([N+](=O)[O-])ccc32)c1. The second-order valence-electron chi connectivity index (χ2n) is 8.84. The zero-order valence-electron chi connectivity index (χ0n) is 19.3. The lowest BCUT2D eigenvalue weighted by atomic mass is 10.0. The Morgan fingerprint density at radius 2 is 1.94 bits per heavy atom. The number of nitrogens with one attached hydrogen (secondary N) is 1. The minimum absolute atomic E-state index is 0.00838. The Hall–Kier alpha value is -3.39. The van der Waals surface area contributed by atoms with Crippen LogP contribution in [0.1, 0.15) is 42.7 Å². The molecule has 1 saturated heterocycles. The number of nitro groups is 1. The molecule has 1 amide bonds. The molecular formula is C25H30N4O4. The number of hydrogen-bond donors (Lipinski definition) is 1. The molecule has 0 atom stereocenters. The summed E-state index contributed by atoms with van der Waals surface area (Å²) in [4.78, 5) is 26.6. The Morgan fingerprint density at radius 1 is 1.18 bits per heavy atom. The fourth-order valence-corrected chi connectivity index (χ4v) is 4.50. The van der Waals surface area contributed by atoms with E-state index in [-0.39, 0.29) is 17.6 Å². The van der Waals surface area contributed by atoms with Gasteiger partial charge in [-0.3, -0.25) is 14.9 Å². The van der Waals surface area contributed by atoms with Gasteiger partial charge in [-0.15, -0.1) is 0 Å². The number of fused-ring (bicyclic) bond motifs is 1. The molecule has 3 aromatic rings. The van der Waals surface area contributed by atoms with Crippen molar-refractivity contribution in [3.8, 4) is 5.75 Å². The van der Waals surface area contributed by atoms with Crippen LogP contribution in [-0.2, 0) is 6.54 Å². The van der Waals surface area contributed by atoms with Crippen molar-refractivity contribution in [1.29, 1.82) is 0 Å². The first-order valence-electron chi connectivity index (χ1n) is 11.3. The number of likely N-dealkylation sites (tertiary alicyclic amines) is 1. The maximum absolute atomic E-state index is 13.3. The van der Waals surface area contributed by atoms with Gasteiger partial charge in [-0.25, -0.2) is 0 Å². The Kier molecular flexibility index (Phi) is 6.65. The van der Waals surface area contributed by atoms with Gasteiger partial charge in [0.2, 0.25) is 0 Å². The fourth-order valence-electron chi connectivity index (χ4n) is 4.50. The molecule has 8 nitrogen and oxygen atoms in total. The van der Waals surface area contributed by atoms with Gasteiger partial charge in [-0.2, -0.15) is 0 Å². The molecule has 0 spiro atoms. The van der Waals surface area contributed by atoms with Gasteiger partial charge in [-0.1, -0.05) is 12.1 Å². The standard InChI is InChI=1S/C25H30N4O4/c1-17(2)27-11-9-20(10-12-27)26-25(30)24-15-19-14-21(29(31)32)7-8-23(19)28(24)16-18-5-4-6-22(13-18)33-3/h4-8,13-15,17,20H,9-12,16H2,1-3H3,(H,26,30). The number of amides is 1. The molecule has 0 bridgehead atoms. The van der Waals surface area contributed by atoms with E-state index < -0.39 is 4.92 Å². The summed E-state index contributed by atoms with van der Waals surface area (Å²) in [6, 6.07) is 14.8. The Labute approximate surface area is 193 Å². The van der Waals surface area contributed by atoms with E-state index in [0.29, 0.717) is 23.7 Å². The smallest absolute Gasteiger partial charge is 0.270 e. The van der Waals surface area contributed by atoms with E-state index in [2.05, 4.69) is 24.1 Å². The highest BCUT2D eigenvalue weighted by molar-refractivity contribution is 5.99. The Balaban J connectivity index is 1.64. The second-order valence-corrected chi connectivity index (χ2v) is 8.84. The van der Waals surface area contributed by atoms with E-state index in [1.807, 2.05) is 28.8 Å². The average molecular weight is 451 g/mol. The zero-order chi connectivity index (χ0) is 23.5. The first-order chi connectivity index (χ1) is 15.9. The molecule has 1 aliphatic heterocycles. The number of ether oxygens (including phenoxy) is 1. The number of piperidine rings is 1. The van der Waals surface area contributed by atoms with Crippen molar-refractivity contribution in [1.82, 2.24) is 14.8 Å². The molecule has 1 fully saturated rings. The second kappa shape index (κ2) is 9.62. The third-order valence-electron chi connectivity index (χ3n) is 6.40. The summed E-state index contributed by atoms with van der Waals surface area (Å²) in [6.45, 7) is 6.75. The van der Waals surface area contributed by atoms with Crippen LogP contribution in [0.4, 0.5) is 5.69 Å². The van der Waals surface area contributed by atoms with Crippen molar-refractivity contribution in [3.05, 3.63) is 69.9 Å². The molecule has 0 radical (unpaired) electrons. The third-order valence-corrected chi connectivity index (χ3v) is 6.40. The van der Waals surface area contributed by atoms with Crippen LogP contribution in [0.3, 0.4) is 0 Å². The van der Waals surface area contributed by atoms with Crippen molar-refractivity contribution in [3.63, 3.8) is 0 Å². The number of benzene rings is 2. The number of non-ortho nitro benzene ring substituents is 1. The normalized spacial score (nSPS) is 15.2. The largest absolute Gasteiger partial charge is 0.497 e. The molecule has 0 saturated carbocycles. The molecule has 33 heavy (non-hydrogen) atoms. The number of methoxy groups -OCH3 is 1. The van der Waals surface area contributed by atoms with Crippen molar-refractivity contribution < 1.29 is 14.5 Å². The Bertz CT molecular complexity index is 1160. The number of carbonyl (C=O) groups excluding carboxylic acids is 1. The maximum atomic E-state index is 13.3. The van der Waals surface area contributed by atoms with Gasteiger partial charge in [0.25, 0.3) is 11.6 Å². The van der Waals surface area contributed by atoms with Crippen LogP contribution in [0.2, 0.25) is 0 Å². The molecule has 174 valence electrons. The van der Waals surface area contributed by atoms with E-state index in [1.165, 1.54) is 12.1 Å². The lowest BCUT2D eigenvalue weighted by Crippen LogP contribution is -2.46. The molecule has 0 aliphatic carbocycles. The first-order valence-corrected chi connectivity index (χ1v) is 11.3. The van der Waals surface area contributed by atoms with Gasteiger partial charge in [-0.05, 0) is 56.5 Å². The van der Waals surface area contributed by atoms with E-state index in [4.69, 9.17) is 4.74 Å². The van der Waals surface area contributed by atoms with Crippen molar-refractivity contribution >= 4 is 22.5 Å². The van der Waals surface area contributed by atoms with Crippen LogP contribution in [0.25, 0.3) is 10.9 Å². The first kappa shape index (κ1) is 22.8. The van der Waals surface area contributed by atoms with Gasteiger partial charge in [0, 0.05) is 54.8 Å². The van der Waals surface area contributed by atoms with Crippen molar-refractivity contribution in [2.24, 2.45) is 0 Å². The van der Waals surface area contributed by atoms with Gasteiger partial charge >= 0.3 is 0 Å². The molecule has 1 aliphatic rings. The molecule has 8 heteroatoms. The van der Waals surface area contributed by atoms with Crippen LogP contribution < -0.4 is 10.1 Å². The van der Waals surface area contributed by atoms with Crippen LogP contribution in [-0.4, -0.2) is 52.6 Å². The Morgan fingerprint density at radius 3 is 2.61 bits per heavy atom. The van der Waals surface area contributed by atoms with E-state index in [1.54, 1.807) is 19.2 Å². The minimum Gasteiger partial charge on any atom is -0.497 e. The van der Waals surface area contributed by atoms with Gasteiger partial charge < -0.3 is 19.5 Å². The van der Waals surface area contributed by atoms with E-state index >= 15 is 0 Å². The molecule has 2 aromatic carbocycles. The van der Waals surface area contributed by atoms with Crippen LogP contribution >= 0.6 is 0 Å². The maximum Gasteiger partial charge on any atom is 0.270 e. The van der Waals surface area contributed by atoms with E-state index in [0.717, 1.165) is 42.8 Å². The summed E-state index contributed by atoms with van der Waals surface area (Å²) in [5, 5.41) is 15.1. The predicted molar refractivity (Wildman–Crippen MR) is 128 cm³/mol. The minimum atomic E-state index is -0.416. The highest BCUT2D eigenvalue weighted by Gasteiger charge is 2.24. The molecule has 2 heterocycles. The molecule has 4 rings (SSSR count). The number of hydrogen-bond acceptors (Lipinski definition) is 5. The summed E-state index contributed by atoms with van der Waals surface area (Å²) in [5.41, 5.74) is 2.27. The highest BCUT2D eigenvalue weighted by Crippen LogP contribution is 2.27. The lowest BCUT2D eigenvalue weighted by molar-refractivity contribution is -0.384. The van der Waals surface area contributed by atoms with E-state index in [9.17, 15) is 14.9 Å². The zero-order valence-corrected chi connectivity index (χ0v) is 19.3. The lowest BCUT2D eigenvalue weighted by Gasteiger charge is -2.34. The average Bonchev–Trinajstić information content (AvgIpc) is 3.17. The number of carbonyl (C=O) groups is 1. The molecule has 0 unspecified atom stereocenters. The fraction of sp³-hybridized carbons (Fsp3) is 0.400. The number of nitrogens with zero attached hydrogens (tertiary/aromatic N) is 3. The van der Waals surface area contributed by atoms with Crippen LogP contribution in [0, 0.1) is 10.1 Å². The van der Waals surface area contributed by atoms with Gasteiger partial charge in [0.05, 0.1) is 12.0 Å². The summed E-state index contributed by atoms with van der Waals surface area (Å²) in [5.74, 6) is 0.585. The van der Waals surface area contributed by atoms with Gasteiger partial charge in [0.1, 0.15) is 11.4 Å². The topological polar surface area (TPSA) is 89.6 Å². The monoisotopic (exact) mass is 450 g/mol. The molecular weight excluding hydrogens is 420 g/mol. The number of rotatable bonds is 7. The third kappa shape index (κ3) is 5.01. The summed E-state index contributed by atoms with van der Waals surface area (Å²) in [7, 11) is 1.62. The molecule has 1 aromatic heterocycles. The number of aromatic nitrogens is 1. The van der Waals surface area contributed by atoms with Crippen LogP contribution in [0.5, 0.6) is 5.75 Å². The predicted octanol–water partition coefficient (Wildman–Crippen LogP) is 4.21. The highest BCUT2D eigenvalue weighted by atomic mass is 16.6. The summed E-state index contributed by atoms with van der Waals surface area (Å²) in [6.07, 6.45) is 1.82. The van der Waals surface area contributed by atoms with Gasteiger partial charge in [0.15, 0.2) is 0 Å². The van der Waals surface area contributed by atoms with Crippen LogP contribution in [0.15, 0.2) is 48.5 Å². The summed E-state index contributed by atoms with van der Waals surface area (Å²) >= 11 is 0. The number of nitro benzene ring substituents is 1. The quantitative estimate of drug-likeness (QED) is 0.430. The summed E-state index contributed by atoms with van der Waals surface area (Å²) < 4.78 is 7.26. The van der Waals surface area contributed by atoms with Crippen molar-refractivity contribution in [2.75, 3.05) is 20.2 Å². The molecule has 1 N–H and O–H groups in total.